The van der Waals surface area contributed by atoms with Crippen LogP contribution in [0.4, 0.5) is 5.69 Å². The van der Waals surface area contributed by atoms with Gasteiger partial charge < -0.3 is 4.90 Å². The molecule has 0 aliphatic carbocycles. The van der Waals surface area contributed by atoms with Crippen molar-refractivity contribution in [1.29, 1.82) is 0 Å². The minimum absolute atomic E-state index is 1.05. The zero-order valence-electron chi connectivity index (χ0n) is 13.0. The van der Waals surface area contributed by atoms with E-state index in [1.807, 2.05) is 12.4 Å². The third-order valence-corrected chi connectivity index (χ3v) is 3.68. The number of benzene rings is 1. The maximum absolute atomic E-state index is 4.04. The van der Waals surface area contributed by atoms with E-state index in [9.17, 15) is 0 Å². The van der Waals surface area contributed by atoms with Gasteiger partial charge in [0.05, 0.1) is 0 Å². The van der Waals surface area contributed by atoms with Gasteiger partial charge in [0.15, 0.2) is 0 Å². The lowest BCUT2D eigenvalue weighted by Gasteiger charge is -2.20. The molecule has 0 bridgehead atoms. The minimum Gasteiger partial charge on any atom is -0.372 e. The molecule has 2 heteroatoms. The Balaban J connectivity index is 1.87. The molecule has 0 aliphatic heterocycles. The third kappa shape index (κ3) is 4.75. The normalized spacial score (nSPS) is 11.0. The summed E-state index contributed by atoms with van der Waals surface area (Å²) in [5, 5.41) is 0. The van der Waals surface area contributed by atoms with Gasteiger partial charge in [0.25, 0.3) is 0 Å². The SMILES string of the molecule is CCN(CC)c1ccc(C=CCCc2ccncc2)cc1. The van der Waals surface area contributed by atoms with Gasteiger partial charge in [-0.2, -0.15) is 0 Å². The molecule has 21 heavy (non-hydrogen) atoms. The molecule has 0 saturated carbocycles. The van der Waals surface area contributed by atoms with Gasteiger partial charge in [0.2, 0.25) is 0 Å². The van der Waals surface area contributed by atoms with Crippen molar-refractivity contribution in [2.75, 3.05) is 18.0 Å². The Hall–Kier alpha value is -2.09. The molecule has 0 atom stereocenters. The fourth-order valence-electron chi connectivity index (χ4n) is 2.40. The van der Waals surface area contributed by atoms with Gasteiger partial charge >= 0.3 is 0 Å². The summed E-state index contributed by atoms with van der Waals surface area (Å²) in [5.74, 6) is 0. The molecule has 0 aliphatic rings. The van der Waals surface area contributed by atoms with Crippen molar-refractivity contribution in [3.63, 3.8) is 0 Å². The van der Waals surface area contributed by atoms with Crippen molar-refractivity contribution >= 4 is 11.8 Å². The van der Waals surface area contributed by atoms with Gasteiger partial charge in [-0.15, -0.1) is 0 Å². The van der Waals surface area contributed by atoms with Crippen LogP contribution in [0.3, 0.4) is 0 Å². The lowest BCUT2D eigenvalue weighted by Crippen LogP contribution is -2.21. The molecule has 1 heterocycles. The van der Waals surface area contributed by atoms with E-state index < -0.39 is 0 Å². The largest absolute Gasteiger partial charge is 0.372 e. The summed E-state index contributed by atoms with van der Waals surface area (Å²) in [6, 6.07) is 12.9. The fraction of sp³-hybridized carbons (Fsp3) is 0.316. The molecule has 0 saturated heterocycles. The second-order valence-corrected chi connectivity index (χ2v) is 5.06. The number of anilines is 1. The summed E-state index contributed by atoms with van der Waals surface area (Å²) < 4.78 is 0. The molecule has 0 N–H and O–H groups in total. The number of hydrogen-bond acceptors (Lipinski definition) is 2. The number of rotatable bonds is 7. The highest BCUT2D eigenvalue weighted by Gasteiger charge is 1.99. The first kappa shape index (κ1) is 15.3. The maximum atomic E-state index is 4.04. The van der Waals surface area contributed by atoms with Crippen LogP contribution >= 0.6 is 0 Å². The second kappa shape index (κ2) is 8.25. The van der Waals surface area contributed by atoms with Crippen molar-refractivity contribution in [3.8, 4) is 0 Å². The van der Waals surface area contributed by atoms with Crippen molar-refractivity contribution in [1.82, 2.24) is 4.98 Å². The summed E-state index contributed by atoms with van der Waals surface area (Å²) >= 11 is 0. The summed E-state index contributed by atoms with van der Waals surface area (Å²) in [4.78, 5) is 6.39. The number of allylic oxidation sites excluding steroid dienone is 1. The lowest BCUT2D eigenvalue weighted by molar-refractivity contribution is 0.866. The molecule has 0 amide bonds. The Labute approximate surface area is 128 Å². The van der Waals surface area contributed by atoms with Crippen LogP contribution in [0.25, 0.3) is 6.08 Å². The van der Waals surface area contributed by atoms with E-state index in [0.717, 1.165) is 25.9 Å². The molecule has 1 aromatic heterocycles. The summed E-state index contributed by atoms with van der Waals surface area (Å²) in [7, 11) is 0. The quantitative estimate of drug-likeness (QED) is 0.738. The predicted octanol–water partition coefficient (Wildman–Crippen LogP) is 4.57. The highest BCUT2D eigenvalue weighted by atomic mass is 15.1. The standard InChI is InChI=1S/C19H24N2/c1-3-21(4-2)19-11-9-17(10-12-19)7-5-6-8-18-13-15-20-16-14-18/h5,7,9-16H,3-4,6,8H2,1-2H3. The van der Waals surface area contributed by atoms with E-state index in [1.54, 1.807) is 0 Å². The summed E-state index contributed by atoms with van der Waals surface area (Å²) in [5.41, 5.74) is 3.90. The summed E-state index contributed by atoms with van der Waals surface area (Å²) in [6.07, 6.45) is 10.3. The van der Waals surface area contributed by atoms with Gasteiger partial charge in [-0.05, 0) is 62.1 Å². The van der Waals surface area contributed by atoms with Gasteiger partial charge in [-0.25, -0.2) is 0 Å². The van der Waals surface area contributed by atoms with E-state index in [0.29, 0.717) is 0 Å². The number of aromatic nitrogens is 1. The molecule has 2 aromatic rings. The van der Waals surface area contributed by atoms with Crippen molar-refractivity contribution in [2.24, 2.45) is 0 Å². The number of pyridine rings is 1. The molecule has 0 radical (unpaired) electrons. The van der Waals surface area contributed by atoms with Crippen LogP contribution in [0.5, 0.6) is 0 Å². The first-order chi connectivity index (χ1) is 10.3. The third-order valence-electron chi connectivity index (χ3n) is 3.68. The van der Waals surface area contributed by atoms with Gasteiger partial charge in [0.1, 0.15) is 0 Å². The number of hydrogen-bond donors (Lipinski definition) is 0. The van der Waals surface area contributed by atoms with Crippen LogP contribution < -0.4 is 4.90 Å². The Morgan fingerprint density at radius 2 is 1.62 bits per heavy atom. The van der Waals surface area contributed by atoms with Crippen LogP contribution in [0.1, 0.15) is 31.4 Å². The Morgan fingerprint density at radius 1 is 0.952 bits per heavy atom. The molecule has 0 unspecified atom stereocenters. The first-order valence-electron chi connectivity index (χ1n) is 7.74. The van der Waals surface area contributed by atoms with Gasteiger partial charge in [-0.1, -0.05) is 24.3 Å². The van der Waals surface area contributed by atoms with Crippen LogP contribution in [0, 0.1) is 0 Å². The smallest absolute Gasteiger partial charge is 0.0366 e. The molecule has 110 valence electrons. The average molecular weight is 280 g/mol. The van der Waals surface area contributed by atoms with Crippen LogP contribution in [0.2, 0.25) is 0 Å². The molecular weight excluding hydrogens is 256 g/mol. The number of nitrogens with zero attached hydrogens (tertiary/aromatic N) is 2. The molecule has 0 fully saturated rings. The second-order valence-electron chi connectivity index (χ2n) is 5.06. The predicted molar refractivity (Wildman–Crippen MR) is 91.6 cm³/mol. The zero-order chi connectivity index (χ0) is 14.9. The first-order valence-corrected chi connectivity index (χ1v) is 7.74. The average Bonchev–Trinajstić information content (AvgIpc) is 2.55. The number of aryl methyl sites for hydroxylation is 1. The van der Waals surface area contributed by atoms with Gasteiger partial charge in [0, 0.05) is 31.2 Å². The Morgan fingerprint density at radius 3 is 2.24 bits per heavy atom. The topological polar surface area (TPSA) is 16.1 Å². The minimum atomic E-state index is 1.05. The molecule has 2 rings (SSSR count). The monoisotopic (exact) mass is 280 g/mol. The van der Waals surface area contributed by atoms with E-state index in [4.69, 9.17) is 0 Å². The lowest BCUT2D eigenvalue weighted by atomic mass is 10.1. The fourth-order valence-corrected chi connectivity index (χ4v) is 2.40. The van der Waals surface area contributed by atoms with Crippen molar-refractivity contribution < 1.29 is 0 Å². The molecular formula is C19H24N2. The Kier molecular flexibility index (Phi) is 6.01. The molecule has 0 spiro atoms. The van der Waals surface area contributed by atoms with Crippen LogP contribution in [-0.4, -0.2) is 18.1 Å². The van der Waals surface area contributed by atoms with Crippen molar-refractivity contribution in [2.45, 2.75) is 26.7 Å². The van der Waals surface area contributed by atoms with E-state index in [-0.39, 0.29) is 0 Å². The van der Waals surface area contributed by atoms with E-state index in [2.05, 4.69) is 72.3 Å². The van der Waals surface area contributed by atoms with Crippen LogP contribution in [0.15, 0.2) is 54.9 Å². The molecule has 1 aromatic carbocycles. The zero-order valence-corrected chi connectivity index (χ0v) is 13.0. The van der Waals surface area contributed by atoms with E-state index >= 15 is 0 Å². The Bertz CT molecular complexity index is 540. The van der Waals surface area contributed by atoms with Crippen LogP contribution in [-0.2, 0) is 6.42 Å². The highest BCUT2D eigenvalue weighted by molar-refractivity contribution is 5.55. The summed E-state index contributed by atoms with van der Waals surface area (Å²) in [6.45, 7) is 6.49. The molecule has 2 nitrogen and oxygen atoms in total. The van der Waals surface area contributed by atoms with Crippen molar-refractivity contribution in [3.05, 3.63) is 66.0 Å². The maximum Gasteiger partial charge on any atom is 0.0366 e. The highest BCUT2D eigenvalue weighted by Crippen LogP contribution is 2.16. The van der Waals surface area contributed by atoms with E-state index in [1.165, 1.54) is 16.8 Å². The van der Waals surface area contributed by atoms with Gasteiger partial charge in [-0.3, -0.25) is 4.98 Å².